The summed E-state index contributed by atoms with van der Waals surface area (Å²) in [5.41, 5.74) is 2.27. The zero-order chi connectivity index (χ0) is 15.6. The van der Waals surface area contributed by atoms with Gasteiger partial charge in [0.1, 0.15) is 0 Å². The van der Waals surface area contributed by atoms with E-state index in [1.807, 2.05) is 42.5 Å². The second-order valence-electron chi connectivity index (χ2n) is 5.09. The van der Waals surface area contributed by atoms with Crippen molar-refractivity contribution < 1.29 is 8.42 Å². The highest BCUT2D eigenvalue weighted by Crippen LogP contribution is 2.15. The first kappa shape index (κ1) is 14.7. The quantitative estimate of drug-likeness (QED) is 0.805. The van der Waals surface area contributed by atoms with Gasteiger partial charge in [-0.3, -0.25) is 4.98 Å². The van der Waals surface area contributed by atoms with Gasteiger partial charge in [0.15, 0.2) is 0 Å². The van der Waals surface area contributed by atoms with Crippen molar-refractivity contribution in [2.24, 2.45) is 0 Å². The lowest BCUT2D eigenvalue weighted by Crippen LogP contribution is -2.24. The van der Waals surface area contributed by atoms with Gasteiger partial charge in [-0.1, -0.05) is 42.5 Å². The van der Waals surface area contributed by atoms with E-state index in [0.717, 1.165) is 16.5 Å². The Hall–Kier alpha value is -2.24. The van der Waals surface area contributed by atoms with Crippen LogP contribution in [0.3, 0.4) is 0 Å². The van der Waals surface area contributed by atoms with Crippen molar-refractivity contribution in [3.05, 3.63) is 71.9 Å². The molecular weight excluding hydrogens is 296 g/mol. The van der Waals surface area contributed by atoms with Crippen molar-refractivity contribution >= 4 is 20.9 Å². The number of aromatic nitrogens is 1. The highest BCUT2D eigenvalue weighted by atomic mass is 32.2. The van der Waals surface area contributed by atoms with E-state index in [-0.39, 0.29) is 6.54 Å². The van der Waals surface area contributed by atoms with Crippen LogP contribution in [0.1, 0.15) is 11.3 Å². The molecule has 0 radical (unpaired) electrons. The molecule has 0 aliphatic heterocycles. The van der Waals surface area contributed by atoms with Crippen molar-refractivity contribution in [1.82, 2.24) is 9.71 Å². The Morgan fingerprint density at radius 3 is 2.50 bits per heavy atom. The third-order valence-electron chi connectivity index (χ3n) is 3.48. The maximum absolute atomic E-state index is 12.4. The molecule has 112 valence electrons. The van der Waals surface area contributed by atoms with Gasteiger partial charge in [-0.05, 0) is 30.7 Å². The zero-order valence-electron chi connectivity index (χ0n) is 12.2. The van der Waals surface area contributed by atoms with Gasteiger partial charge in [-0.15, -0.1) is 0 Å². The third kappa shape index (κ3) is 3.00. The number of fused-ring (bicyclic) bond motifs is 1. The van der Waals surface area contributed by atoms with Crippen molar-refractivity contribution in [2.45, 2.75) is 18.4 Å². The highest BCUT2D eigenvalue weighted by molar-refractivity contribution is 7.89. The Balaban J connectivity index is 1.83. The lowest BCUT2D eigenvalue weighted by atomic mass is 10.2. The molecule has 4 nitrogen and oxygen atoms in total. The van der Waals surface area contributed by atoms with Crippen LogP contribution in [0.4, 0.5) is 0 Å². The molecule has 0 bridgehead atoms. The smallest absolute Gasteiger partial charge is 0.241 e. The molecule has 0 saturated carbocycles. The topological polar surface area (TPSA) is 59.1 Å². The van der Waals surface area contributed by atoms with Gasteiger partial charge in [-0.25, -0.2) is 13.1 Å². The molecule has 1 heterocycles. The van der Waals surface area contributed by atoms with Crippen LogP contribution in [0.5, 0.6) is 0 Å². The van der Waals surface area contributed by atoms with Gasteiger partial charge in [-0.2, -0.15) is 0 Å². The van der Waals surface area contributed by atoms with Gasteiger partial charge in [0.25, 0.3) is 0 Å². The molecular formula is C17H16N2O2S. The van der Waals surface area contributed by atoms with Gasteiger partial charge in [0, 0.05) is 5.39 Å². The van der Waals surface area contributed by atoms with E-state index in [4.69, 9.17) is 0 Å². The second kappa shape index (κ2) is 5.87. The Labute approximate surface area is 129 Å². The molecule has 22 heavy (non-hydrogen) atoms. The first-order valence-corrected chi connectivity index (χ1v) is 8.44. The minimum Gasteiger partial charge on any atom is -0.251 e. The van der Waals surface area contributed by atoms with Crippen molar-refractivity contribution in [1.29, 1.82) is 0 Å². The normalized spacial score (nSPS) is 11.7. The third-order valence-corrected chi connectivity index (χ3v) is 5.04. The first-order chi connectivity index (χ1) is 10.6. The van der Waals surface area contributed by atoms with E-state index in [0.29, 0.717) is 10.6 Å². The van der Waals surface area contributed by atoms with Crippen LogP contribution in [-0.4, -0.2) is 13.4 Å². The highest BCUT2D eigenvalue weighted by Gasteiger charge is 2.15. The van der Waals surface area contributed by atoms with Gasteiger partial charge < -0.3 is 0 Å². The molecule has 2 aromatic carbocycles. The number of rotatable bonds is 4. The van der Waals surface area contributed by atoms with E-state index in [1.165, 1.54) is 0 Å². The number of para-hydroxylation sites is 1. The number of benzene rings is 2. The Kier molecular flexibility index (Phi) is 3.92. The zero-order valence-corrected chi connectivity index (χ0v) is 13.0. The summed E-state index contributed by atoms with van der Waals surface area (Å²) in [5.74, 6) is 0. The number of nitrogens with one attached hydrogen (secondary N) is 1. The summed E-state index contributed by atoms with van der Waals surface area (Å²) in [6.45, 7) is 1.95. The van der Waals surface area contributed by atoms with Crippen molar-refractivity contribution in [2.75, 3.05) is 0 Å². The summed E-state index contributed by atoms with van der Waals surface area (Å²) < 4.78 is 27.3. The molecule has 5 heteroatoms. The summed E-state index contributed by atoms with van der Waals surface area (Å²) in [5, 5.41) is 1.04. The van der Waals surface area contributed by atoms with E-state index in [2.05, 4.69) is 9.71 Å². The van der Waals surface area contributed by atoms with Gasteiger partial charge >= 0.3 is 0 Å². The molecule has 0 unspecified atom stereocenters. The van der Waals surface area contributed by atoms with Crippen LogP contribution < -0.4 is 4.72 Å². The molecule has 1 aromatic heterocycles. The van der Waals surface area contributed by atoms with E-state index >= 15 is 0 Å². The molecule has 3 rings (SSSR count). The monoisotopic (exact) mass is 312 g/mol. The summed E-state index contributed by atoms with van der Waals surface area (Å²) >= 11 is 0. The minimum absolute atomic E-state index is 0.168. The molecule has 0 aliphatic rings. The lowest BCUT2D eigenvalue weighted by Gasteiger charge is -2.09. The van der Waals surface area contributed by atoms with Crippen LogP contribution in [0.15, 0.2) is 65.6 Å². The SMILES string of the molecule is Cc1ccccc1S(=O)(=O)NCc1ccc2ccccc2n1. The average Bonchev–Trinajstić information content (AvgIpc) is 2.53. The lowest BCUT2D eigenvalue weighted by molar-refractivity contribution is 0.580. The fourth-order valence-electron chi connectivity index (χ4n) is 2.31. The van der Waals surface area contributed by atoms with Crippen molar-refractivity contribution in [3.63, 3.8) is 0 Å². The van der Waals surface area contributed by atoms with Crippen molar-refractivity contribution in [3.8, 4) is 0 Å². The molecule has 1 N–H and O–H groups in total. The fraction of sp³-hybridized carbons (Fsp3) is 0.118. The maximum atomic E-state index is 12.4. The Morgan fingerprint density at radius 2 is 1.68 bits per heavy atom. The number of hydrogen-bond donors (Lipinski definition) is 1. The first-order valence-electron chi connectivity index (χ1n) is 6.96. The second-order valence-corrected chi connectivity index (χ2v) is 6.82. The molecule has 3 aromatic rings. The number of aryl methyl sites for hydroxylation is 1. The van der Waals surface area contributed by atoms with E-state index in [1.54, 1.807) is 25.1 Å². The standard InChI is InChI=1S/C17H16N2O2S/c1-13-6-2-5-9-17(13)22(20,21)18-12-15-11-10-14-7-3-4-8-16(14)19-15/h2-11,18H,12H2,1H3. The fourth-order valence-corrected chi connectivity index (χ4v) is 3.55. The molecule has 0 saturated heterocycles. The molecule has 0 amide bonds. The summed E-state index contributed by atoms with van der Waals surface area (Å²) in [4.78, 5) is 4.77. The number of sulfonamides is 1. The van der Waals surface area contributed by atoms with Crippen LogP contribution in [0.2, 0.25) is 0 Å². The number of hydrogen-bond acceptors (Lipinski definition) is 3. The predicted octanol–water partition coefficient (Wildman–Crippen LogP) is 3.02. The molecule has 0 fully saturated rings. The summed E-state index contributed by atoms with van der Waals surface area (Å²) in [6, 6.07) is 18.4. The summed E-state index contributed by atoms with van der Waals surface area (Å²) in [7, 11) is -3.53. The number of nitrogens with zero attached hydrogens (tertiary/aromatic N) is 1. The molecule has 0 spiro atoms. The van der Waals surface area contributed by atoms with Crippen LogP contribution >= 0.6 is 0 Å². The van der Waals surface area contributed by atoms with E-state index in [9.17, 15) is 8.42 Å². The van der Waals surface area contributed by atoms with Crippen LogP contribution in [-0.2, 0) is 16.6 Å². The Morgan fingerprint density at radius 1 is 0.955 bits per heavy atom. The largest absolute Gasteiger partial charge is 0.251 e. The van der Waals surface area contributed by atoms with E-state index < -0.39 is 10.0 Å². The minimum atomic E-state index is -3.53. The van der Waals surface area contributed by atoms with Gasteiger partial charge in [0.05, 0.1) is 22.7 Å². The summed E-state index contributed by atoms with van der Waals surface area (Å²) in [6.07, 6.45) is 0. The predicted molar refractivity (Wildman–Crippen MR) is 86.9 cm³/mol. The van der Waals surface area contributed by atoms with Crippen LogP contribution in [0, 0.1) is 6.92 Å². The molecule has 0 atom stereocenters. The average molecular weight is 312 g/mol. The Bertz CT molecular complexity index is 921. The number of pyridine rings is 1. The maximum Gasteiger partial charge on any atom is 0.241 e. The molecule has 0 aliphatic carbocycles. The van der Waals surface area contributed by atoms with Gasteiger partial charge in [0.2, 0.25) is 10.0 Å². The van der Waals surface area contributed by atoms with Crippen LogP contribution in [0.25, 0.3) is 10.9 Å².